The summed E-state index contributed by atoms with van der Waals surface area (Å²) in [6.07, 6.45) is -6.68. The molecule has 0 aromatic heterocycles. The number of nitrogens with one attached hydrogen (secondary N) is 1. The van der Waals surface area contributed by atoms with Crippen LogP contribution in [0.25, 0.3) is 0 Å². The van der Waals surface area contributed by atoms with Crippen molar-refractivity contribution in [3.05, 3.63) is 0 Å². The molecule has 1 fully saturated rings. The van der Waals surface area contributed by atoms with E-state index in [2.05, 4.69) is 0 Å². The quantitative estimate of drug-likeness (QED) is 0.724. The number of ether oxygens (including phenoxy) is 1. The number of hydrogen-bond acceptors (Lipinski definition) is 3. The highest BCUT2D eigenvalue weighted by Crippen LogP contribution is 2.19. The predicted octanol–water partition coefficient (Wildman–Crippen LogP) is 0.205. The van der Waals surface area contributed by atoms with Gasteiger partial charge in [0.1, 0.15) is 6.10 Å². The van der Waals surface area contributed by atoms with Crippen molar-refractivity contribution in [1.82, 2.24) is 5.32 Å². The number of aliphatic hydroxyl groups is 1. The van der Waals surface area contributed by atoms with Crippen molar-refractivity contribution in [2.24, 2.45) is 0 Å². The van der Waals surface area contributed by atoms with Crippen molar-refractivity contribution in [3.8, 4) is 0 Å². The number of aliphatic hydroxyl groups excluding tert-OH is 1. The Balaban J connectivity index is 2.27. The van der Waals surface area contributed by atoms with E-state index >= 15 is 0 Å². The molecule has 1 rings (SSSR count). The number of alkyl halides is 3. The molecule has 2 N–H and O–H groups in total. The SMILES string of the molecule is O=C(NCC(O)C(F)(F)F)[C@H]1CCCO1. The highest BCUT2D eigenvalue weighted by atomic mass is 19.4. The van der Waals surface area contributed by atoms with Crippen molar-refractivity contribution < 1.29 is 27.8 Å². The normalized spacial score (nSPS) is 23.9. The molecule has 1 aliphatic rings. The first-order valence-corrected chi connectivity index (χ1v) is 4.55. The Morgan fingerprint density at radius 2 is 2.27 bits per heavy atom. The van der Waals surface area contributed by atoms with Gasteiger partial charge in [0.15, 0.2) is 6.10 Å². The van der Waals surface area contributed by atoms with Crippen LogP contribution in [0.1, 0.15) is 12.8 Å². The lowest BCUT2D eigenvalue weighted by Gasteiger charge is -2.16. The Bertz CT molecular complexity index is 226. The Morgan fingerprint density at radius 1 is 1.60 bits per heavy atom. The molecule has 4 nitrogen and oxygen atoms in total. The Labute approximate surface area is 84.4 Å². The lowest BCUT2D eigenvalue weighted by molar-refractivity contribution is -0.202. The third-order valence-electron chi connectivity index (χ3n) is 2.07. The summed E-state index contributed by atoms with van der Waals surface area (Å²) in [4.78, 5) is 11.2. The molecule has 0 spiro atoms. The van der Waals surface area contributed by atoms with Gasteiger partial charge in [0, 0.05) is 6.61 Å². The van der Waals surface area contributed by atoms with Crippen molar-refractivity contribution in [1.29, 1.82) is 0 Å². The highest BCUT2D eigenvalue weighted by molar-refractivity contribution is 5.80. The average molecular weight is 227 g/mol. The van der Waals surface area contributed by atoms with Gasteiger partial charge in [-0.25, -0.2) is 0 Å². The molecule has 7 heteroatoms. The van der Waals surface area contributed by atoms with Gasteiger partial charge in [-0.1, -0.05) is 0 Å². The zero-order chi connectivity index (χ0) is 11.5. The molecule has 0 bridgehead atoms. The van der Waals surface area contributed by atoms with E-state index in [1.165, 1.54) is 0 Å². The van der Waals surface area contributed by atoms with Gasteiger partial charge in [0.05, 0.1) is 6.54 Å². The number of amides is 1. The summed E-state index contributed by atoms with van der Waals surface area (Å²) in [5, 5.41) is 10.6. The molecule has 0 radical (unpaired) electrons. The van der Waals surface area contributed by atoms with Crippen molar-refractivity contribution >= 4 is 5.91 Å². The van der Waals surface area contributed by atoms with Crippen molar-refractivity contribution in [2.45, 2.75) is 31.2 Å². The topological polar surface area (TPSA) is 58.6 Å². The largest absolute Gasteiger partial charge is 0.416 e. The van der Waals surface area contributed by atoms with Gasteiger partial charge < -0.3 is 15.2 Å². The summed E-state index contributed by atoms with van der Waals surface area (Å²) in [6, 6.07) is 0. The van der Waals surface area contributed by atoms with Crippen LogP contribution in [0.4, 0.5) is 13.2 Å². The van der Waals surface area contributed by atoms with E-state index in [-0.39, 0.29) is 0 Å². The summed E-state index contributed by atoms with van der Waals surface area (Å²) < 4.78 is 40.5. The second-order valence-electron chi connectivity index (χ2n) is 3.30. The molecule has 0 aromatic rings. The molecule has 2 atom stereocenters. The molecule has 1 heterocycles. The average Bonchev–Trinajstić information content (AvgIpc) is 2.64. The Morgan fingerprint density at radius 3 is 2.73 bits per heavy atom. The van der Waals surface area contributed by atoms with E-state index in [1.54, 1.807) is 0 Å². The van der Waals surface area contributed by atoms with Gasteiger partial charge in [-0.05, 0) is 12.8 Å². The van der Waals surface area contributed by atoms with Crippen LogP contribution in [0, 0.1) is 0 Å². The van der Waals surface area contributed by atoms with Crippen LogP contribution in [0.2, 0.25) is 0 Å². The smallest absolute Gasteiger partial charge is 0.382 e. The van der Waals surface area contributed by atoms with E-state index in [0.29, 0.717) is 13.0 Å². The molecule has 88 valence electrons. The standard InChI is InChI=1S/C8H12F3NO3/c9-8(10,11)6(13)4-12-7(14)5-2-1-3-15-5/h5-6,13H,1-4H2,(H,12,14)/t5-,6?/m1/s1. The fourth-order valence-electron chi connectivity index (χ4n) is 1.21. The van der Waals surface area contributed by atoms with E-state index < -0.39 is 30.8 Å². The van der Waals surface area contributed by atoms with Gasteiger partial charge in [-0.2, -0.15) is 13.2 Å². The van der Waals surface area contributed by atoms with Crippen LogP contribution in [0.5, 0.6) is 0 Å². The Kier molecular flexibility index (Phi) is 3.92. The summed E-state index contributed by atoms with van der Waals surface area (Å²) in [5.41, 5.74) is 0. The number of rotatable bonds is 3. The molecule has 0 aromatic carbocycles. The van der Waals surface area contributed by atoms with E-state index in [1.807, 2.05) is 5.32 Å². The van der Waals surface area contributed by atoms with Crippen molar-refractivity contribution in [2.75, 3.05) is 13.2 Å². The van der Waals surface area contributed by atoms with Gasteiger partial charge in [-0.3, -0.25) is 4.79 Å². The Hall–Kier alpha value is -0.820. The minimum atomic E-state index is -4.70. The summed E-state index contributed by atoms with van der Waals surface area (Å²) in [6.45, 7) is -0.387. The monoisotopic (exact) mass is 227 g/mol. The number of hydrogen-bond donors (Lipinski definition) is 2. The lowest BCUT2D eigenvalue weighted by Crippen LogP contribution is -2.43. The zero-order valence-corrected chi connectivity index (χ0v) is 7.88. The predicted molar refractivity (Wildman–Crippen MR) is 44.0 cm³/mol. The summed E-state index contributed by atoms with van der Waals surface area (Å²) in [7, 11) is 0. The molecular formula is C8H12F3NO3. The third kappa shape index (κ3) is 3.67. The summed E-state index contributed by atoms with van der Waals surface area (Å²) in [5.74, 6) is -0.601. The van der Waals surface area contributed by atoms with Crippen LogP contribution in [-0.2, 0) is 9.53 Å². The maximum atomic E-state index is 11.8. The van der Waals surface area contributed by atoms with E-state index in [4.69, 9.17) is 9.84 Å². The van der Waals surface area contributed by atoms with E-state index in [9.17, 15) is 18.0 Å². The minimum absolute atomic E-state index is 0.444. The van der Waals surface area contributed by atoms with Gasteiger partial charge in [-0.15, -0.1) is 0 Å². The van der Waals surface area contributed by atoms with Gasteiger partial charge in [0.2, 0.25) is 5.91 Å². The van der Waals surface area contributed by atoms with Crippen molar-refractivity contribution in [3.63, 3.8) is 0 Å². The zero-order valence-electron chi connectivity index (χ0n) is 7.88. The maximum Gasteiger partial charge on any atom is 0.416 e. The first-order chi connectivity index (χ1) is 6.91. The van der Waals surface area contributed by atoms with Crippen LogP contribution in [-0.4, -0.2) is 42.5 Å². The third-order valence-corrected chi connectivity index (χ3v) is 2.07. The molecule has 1 amide bonds. The molecule has 1 saturated heterocycles. The molecular weight excluding hydrogens is 215 g/mol. The highest BCUT2D eigenvalue weighted by Gasteiger charge is 2.38. The second-order valence-corrected chi connectivity index (χ2v) is 3.30. The number of carbonyl (C=O) groups excluding carboxylic acids is 1. The molecule has 0 aliphatic carbocycles. The molecule has 1 unspecified atom stereocenters. The van der Waals surface area contributed by atoms with Crippen LogP contribution in [0.3, 0.4) is 0 Å². The second kappa shape index (κ2) is 4.80. The van der Waals surface area contributed by atoms with Gasteiger partial charge >= 0.3 is 6.18 Å². The minimum Gasteiger partial charge on any atom is -0.382 e. The number of carbonyl (C=O) groups is 1. The molecule has 0 saturated carbocycles. The fourth-order valence-corrected chi connectivity index (χ4v) is 1.21. The summed E-state index contributed by atoms with van der Waals surface area (Å²) >= 11 is 0. The van der Waals surface area contributed by atoms with Crippen LogP contribution >= 0.6 is 0 Å². The first-order valence-electron chi connectivity index (χ1n) is 4.55. The van der Waals surface area contributed by atoms with E-state index in [0.717, 1.165) is 6.42 Å². The van der Waals surface area contributed by atoms with Crippen LogP contribution < -0.4 is 5.32 Å². The molecule has 1 aliphatic heterocycles. The fraction of sp³-hybridized carbons (Fsp3) is 0.875. The lowest BCUT2D eigenvalue weighted by atomic mass is 10.2. The van der Waals surface area contributed by atoms with Crippen LogP contribution in [0.15, 0.2) is 0 Å². The number of halogens is 3. The first kappa shape index (κ1) is 12.3. The maximum absolute atomic E-state index is 11.8. The van der Waals surface area contributed by atoms with Gasteiger partial charge in [0.25, 0.3) is 0 Å². The molecule has 15 heavy (non-hydrogen) atoms.